The third-order valence-corrected chi connectivity index (χ3v) is 19.1. The number of nitrogens with one attached hydrogen (secondary N) is 2. The van der Waals surface area contributed by atoms with Gasteiger partial charge in [0.15, 0.2) is 0 Å². The first kappa shape index (κ1) is 42.4. The van der Waals surface area contributed by atoms with Crippen molar-refractivity contribution in [2.45, 2.75) is 115 Å². The lowest BCUT2D eigenvalue weighted by Crippen LogP contribution is -2.54. The third kappa shape index (κ3) is 7.19. The lowest BCUT2D eigenvalue weighted by Gasteiger charge is -2.57. The van der Waals surface area contributed by atoms with E-state index < -0.39 is 22.7 Å². The Bertz CT molecular complexity index is 2100. The van der Waals surface area contributed by atoms with E-state index in [-0.39, 0.29) is 65.9 Å². The highest BCUT2D eigenvalue weighted by Crippen LogP contribution is 2.72. The van der Waals surface area contributed by atoms with E-state index in [2.05, 4.69) is 41.9 Å². The number of carbonyl (C=O) groups excluding carboxylic acids is 4. The first-order valence-electron chi connectivity index (χ1n) is 23.5. The Hall–Kier alpha value is -3.52. The molecule has 0 aromatic heterocycles. The maximum absolute atomic E-state index is 15.0. The zero-order valence-corrected chi connectivity index (χ0v) is 37.5. The van der Waals surface area contributed by atoms with E-state index in [0.29, 0.717) is 54.5 Å². The Morgan fingerprint density at radius 2 is 1.73 bits per heavy atom. The normalized spacial score (nSPS) is 38.0. The summed E-state index contributed by atoms with van der Waals surface area (Å²) in [5.74, 6) is 1.11. The number of allylic oxidation sites excluding steroid dienone is 5. The van der Waals surface area contributed by atoms with Gasteiger partial charge in [-0.05, 0) is 136 Å². The molecule has 7 bridgehead atoms. The second-order valence-electron chi connectivity index (χ2n) is 19.6. The zero-order chi connectivity index (χ0) is 42.8. The summed E-state index contributed by atoms with van der Waals surface area (Å²) in [4.78, 5) is 57.5. The van der Waals surface area contributed by atoms with Crippen molar-refractivity contribution in [2.75, 3.05) is 25.6 Å². The van der Waals surface area contributed by atoms with Gasteiger partial charge in [0.1, 0.15) is 17.0 Å². The van der Waals surface area contributed by atoms with Crippen LogP contribution in [0.1, 0.15) is 110 Å². The number of cyclic esters (lactones) is 1. The van der Waals surface area contributed by atoms with Crippen LogP contribution in [0, 0.1) is 52.3 Å². The van der Waals surface area contributed by atoms with Gasteiger partial charge < -0.3 is 30.3 Å². The average molecular weight is 884 g/mol. The fourth-order valence-corrected chi connectivity index (χ4v) is 15.9. The van der Waals surface area contributed by atoms with Crippen LogP contribution in [0.4, 0.5) is 0 Å². The molecule has 332 valence electrons. The number of ether oxygens (including phenoxy) is 2. The van der Waals surface area contributed by atoms with E-state index in [1.807, 2.05) is 0 Å². The molecular formula is C49H61N3O8S2. The van der Waals surface area contributed by atoms with E-state index in [4.69, 9.17) is 9.47 Å². The van der Waals surface area contributed by atoms with E-state index in [0.717, 1.165) is 98.9 Å². The van der Waals surface area contributed by atoms with Gasteiger partial charge in [-0.2, -0.15) is 0 Å². The van der Waals surface area contributed by atoms with Gasteiger partial charge in [-0.25, -0.2) is 9.59 Å². The van der Waals surface area contributed by atoms with Crippen molar-refractivity contribution in [3.63, 3.8) is 0 Å². The highest BCUT2D eigenvalue weighted by Gasteiger charge is 2.69. The Morgan fingerprint density at radius 3 is 2.48 bits per heavy atom. The molecule has 4 fully saturated rings. The maximum Gasteiger partial charge on any atom is 0.340 e. The molecule has 62 heavy (non-hydrogen) atoms. The molecule has 0 unspecified atom stereocenters. The molecule has 1 spiro atoms. The van der Waals surface area contributed by atoms with Gasteiger partial charge in [0.2, 0.25) is 0 Å². The summed E-state index contributed by atoms with van der Waals surface area (Å²) in [6.07, 6.45) is 26.1. The van der Waals surface area contributed by atoms with Crippen LogP contribution in [0.3, 0.4) is 0 Å². The third-order valence-electron chi connectivity index (χ3n) is 16.8. The predicted molar refractivity (Wildman–Crippen MR) is 238 cm³/mol. The molecule has 11 aliphatic rings. The Balaban J connectivity index is 1.13. The van der Waals surface area contributed by atoms with Crippen molar-refractivity contribution in [1.82, 2.24) is 15.5 Å². The lowest BCUT2D eigenvalue weighted by atomic mass is 9.43. The van der Waals surface area contributed by atoms with Gasteiger partial charge in [-0.15, -0.1) is 0 Å². The van der Waals surface area contributed by atoms with Crippen molar-refractivity contribution < 1.29 is 38.9 Å². The van der Waals surface area contributed by atoms with Crippen LogP contribution in [-0.2, 0) is 28.7 Å². The van der Waals surface area contributed by atoms with Crippen molar-refractivity contribution >= 4 is 45.3 Å². The van der Waals surface area contributed by atoms with Crippen LogP contribution in [0.25, 0.3) is 0 Å². The van der Waals surface area contributed by atoms with E-state index in [9.17, 15) is 24.6 Å². The molecule has 5 aliphatic heterocycles. The molecular weight excluding hydrogens is 823 g/mol. The number of hydrogen-bond donors (Lipinski definition) is 4. The molecule has 0 radical (unpaired) electrons. The second-order valence-corrected chi connectivity index (χ2v) is 22.1. The smallest absolute Gasteiger partial charge is 0.340 e. The first-order valence-corrected chi connectivity index (χ1v) is 25.9. The minimum absolute atomic E-state index is 0.00795. The lowest BCUT2D eigenvalue weighted by molar-refractivity contribution is -0.138. The molecule has 0 aromatic rings. The molecule has 11 nitrogen and oxygen atoms in total. The van der Waals surface area contributed by atoms with Gasteiger partial charge in [0, 0.05) is 60.7 Å². The highest BCUT2D eigenvalue weighted by molar-refractivity contribution is 8.76. The predicted octanol–water partition coefficient (Wildman–Crippen LogP) is 7.63. The summed E-state index contributed by atoms with van der Waals surface area (Å²) in [6.45, 7) is 3.06. The van der Waals surface area contributed by atoms with Crippen molar-refractivity contribution in [1.29, 1.82) is 0 Å². The summed E-state index contributed by atoms with van der Waals surface area (Å²) in [5.41, 5.74) is 2.57. The maximum atomic E-state index is 15.0. The SMILES string of the molecule is CCC1(/C=C2\OC(=O)C3=C2CC[C@H]2[C@@H]4CC[C@@]5(C6=C4[C@@H](CN4C(=O)C=CC4=O)C4=CCNC(=C4)NCSS[C@@H](O)[C@H](C4CCC(CCCO)CC4)C/C=C/5OC6=O)[C@@H]32)CCCC1. The Labute approximate surface area is 372 Å². The highest BCUT2D eigenvalue weighted by atomic mass is 33.1. The molecule has 11 rings (SSSR count). The van der Waals surface area contributed by atoms with Crippen LogP contribution < -0.4 is 10.6 Å². The van der Waals surface area contributed by atoms with Crippen LogP contribution >= 0.6 is 21.6 Å². The summed E-state index contributed by atoms with van der Waals surface area (Å²) in [6, 6.07) is 0. The van der Waals surface area contributed by atoms with Gasteiger partial charge in [-0.1, -0.05) is 60.3 Å². The quantitative estimate of drug-likeness (QED) is 0.108. The Kier molecular flexibility index (Phi) is 11.7. The molecule has 0 aromatic carbocycles. The topological polar surface area (TPSA) is 154 Å². The number of esters is 2. The molecule has 7 atom stereocenters. The summed E-state index contributed by atoms with van der Waals surface area (Å²) >= 11 is 0. The average Bonchev–Trinajstić information content (AvgIpc) is 4.05. The zero-order valence-electron chi connectivity index (χ0n) is 35.8. The van der Waals surface area contributed by atoms with Gasteiger partial charge in [0.25, 0.3) is 11.8 Å². The molecule has 5 heterocycles. The number of rotatable bonds is 8. The largest absolute Gasteiger partial charge is 0.427 e. The van der Waals surface area contributed by atoms with Crippen molar-refractivity contribution in [3.8, 4) is 0 Å². The fraction of sp³-hybridized carbons (Fsp3) is 0.633. The van der Waals surface area contributed by atoms with E-state index in [1.54, 1.807) is 10.8 Å². The minimum atomic E-state index is -0.943. The van der Waals surface area contributed by atoms with Gasteiger partial charge in [0.05, 0.1) is 22.7 Å². The number of nitrogens with zero attached hydrogens (tertiary/aromatic N) is 1. The summed E-state index contributed by atoms with van der Waals surface area (Å²) in [7, 11) is 3.05. The Morgan fingerprint density at radius 1 is 0.935 bits per heavy atom. The standard InChI is InChI=1S/C49H61N3O8S2/c1-2-48(19-3-4-20-48)25-36-34-12-11-33-32-17-21-49(43(33)42(34)45(56)59-36)37-14-13-31(29-9-7-28(8-10-29)6-5-23-53)47(58)62-61-27-51-38-24-30(18-22-50-38)35(41(32)44(49)46(57)60-37)26-52-39(54)15-16-40(52)55/h14-16,18,24-25,28-29,31-33,35,43,47,50-51,53,58H,2-13,17,19-23,26-27H2,1H3/b36-25-,37-14-/t28?,29?,31-,32-,33-,35-,43+,47+,49-/m0/s1. The summed E-state index contributed by atoms with van der Waals surface area (Å²) in [5, 5.41) is 28.5. The molecule has 2 amide bonds. The second kappa shape index (κ2) is 17.1. The molecule has 3 saturated carbocycles. The number of aliphatic hydroxyl groups excluding tert-OH is 2. The number of amides is 2. The number of fused-ring (bicyclic) bond motifs is 2. The van der Waals surface area contributed by atoms with Crippen LogP contribution in [0.2, 0.25) is 0 Å². The molecule has 6 aliphatic carbocycles. The fourth-order valence-electron chi connectivity index (χ4n) is 13.8. The van der Waals surface area contributed by atoms with E-state index >= 15 is 4.79 Å². The number of imide groups is 1. The summed E-state index contributed by atoms with van der Waals surface area (Å²) < 4.78 is 13.0. The van der Waals surface area contributed by atoms with Crippen LogP contribution in [0.5, 0.6) is 0 Å². The van der Waals surface area contributed by atoms with Crippen LogP contribution in [0.15, 0.2) is 81.7 Å². The monoisotopic (exact) mass is 883 g/mol. The minimum Gasteiger partial charge on any atom is -0.427 e. The number of carbonyl (C=O) groups is 4. The van der Waals surface area contributed by atoms with Gasteiger partial charge >= 0.3 is 11.9 Å². The van der Waals surface area contributed by atoms with Crippen molar-refractivity contribution in [2.24, 2.45) is 52.3 Å². The number of aliphatic hydroxyl groups is 2. The van der Waals surface area contributed by atoms with Gasteiger partial charge in [-0.3, -0.25) is 14.5 Å². The number of dihydropyridines is 1. The number of hydrogen-bond acceptors (Lipinski definition) is 12. The van der Waals surface area contributed by atoms with Crippen LogP contribution in [-0.4, -0.2) is 69.9 Å². The molecule has 4 N–H and O–H groups in total. The molecule has 1 saturated heterocycles. The molecule has 13 heteroatoms. The van der Waals surface area contributed by atoms with Crippen molar-refractivity contribution in [3.05, 3.63) is 81.7 Å². The first-order chi connectivity index (χ1) is 30.1. The van der Waals surface area contributed by atoms with E-state index in [1.165, 1.54) is 40.7 Å².